The van der Waals surface area contributed by atoms with E-state index in [4.69, 9.17) is 4.74 Å². The second kappa shape index (κ2) is 4.83. The highest BCUT2D eigenvalue weighted by atomic mass is 16.5. The van der Waals surface area contributed by atoms with Crippen molar-refractivity contribution in [1.29, 1.82) is 0 Å². The van der Waals surface area contributed by atoms with Crippen LogP contribution in [0.4, 0.5) is 0 Å². The molecule has 0 bridgehead atoms. The van der Waals surface area contributed by atoms with E-state index < -0.39 is 0 Å². The summed E-state index contributed by atoms with van der Waals surface area (Å²) in [6.45, 7) is 2.76. The molecule has 2 saturated carbocycles. The van der Waals surface area contributed by atoms with Crippen molar-refractivity contribution in [2.24, 2.45) is 24.8 Å². The summed E-state index contributed by atoms with van der Waals surface area (Å²) >= 11 is 0. The number of aromatic nitrogens is 2. The molecule has 1 amide bonds. The van der Waals surface area contributed by atoms with Crippen LogP contribution < -0.4 is 5.32 Å². The molecule has 1 N–H and O–H groups in total. The third kappa shape index (κ3) is 2.37. The van der Waals surface area contributed by atoms with E-state index in [1.54, 1.807) is 0 Å². The third-order valence-corrected chi connectivity index (χ3v) is 5.40. The van der Waals surface area contributed by atoms with Crippen LogP contribution in [-0.2, 0) is 16.6 Å². The van der Waals surface area contributed by atoms with Gasteiger partial charge in [0, 0.05) is 30.8 Å². The van der Waals surface area contributed by atoms with Crippen molar-refractivity contribution in [2.75, 3.05) is 6.61 Å². The lowest BCUT2D eigenvalue weighted by Gasteiger charge is -2.20. The fraction of sp³-hybridized carbons (Fsp3) is 0.750. The van der Waals surface area contributed by atoms with Gasteiger partial charge in [-0.15, -0.1) is 0 Å². The van der Waals surface area contributed by atoms with Crippen molar-refractivity contribution in [3.05, 3.63) is 17.5 Å². The number of nitrogens with zero attached hydrogens (tertiary/aromatic N) is 2. The van der Waals surface area contributed by atoms with Crippen LogP contribution in [0.3, 0.4) is 0 Å². The van der Waals surface area contributed by atoms with Crippen molar-refractivity contribution in [1.82, 2.24) is 15.1 Å². The maximum absolute atomic E-state index is 12.4. The van der Waals surface area contributed by atoms with Crippen LogP contribution in [0.25, 0.3) is 0 Å². The van der Waals surface area contributed by atoms with Gasteiger partial charge < -0.3 is 10.1 Å². The standard InChI is InChI=1S/C16H23N3O2/c1-9-13(8-17-19(9)2)15-14(5-6-21-15)18-16(20)12-7-11(12)10-3-4-10/h8,10-12,14-15H,3-7H2,1-2H3,(H,18,20)/t11-,12+,14+,15-/m1/s1. The van der Waals surface area contributed by atoms with E-state index in [9.17, 15) is 4.79 Å². The molecular formula is C16H23N3O2. The monoisotopic (exact) mass is 289 g/mol. The Labute approximate surface area is 125 Å². The maximum atomic E-state index is 12.4. The van der Waals surface area contributed by atoms with E-state index in [-0.39, 0.29) is 24.0 Å². The van der Waals surface area contributed by atoms with E-state index in [2.05, 4.69) is 10.4 Å². The molecule has 21 heavy (non-hydrogen) atoms. The molecule has 0 unspecified atom stereocenters. The molecule has 0 radical (unpaired) electrons. The zero-order valence-corrected chi connectivity index (χ0v) is 12.7. The molecule has 5 nitrogen and oxygen atoms in total. The average molecular weight is 289 g/mol. The SMILES string of the molecule is Cc1c([C@H]2OCC[C@@H]2NC(=O)[C@H]2C[C@@H]2C2CC2)cnn1C. The van der Waals surface area contributed by atoms with Crippen LogP contribution in [0.2, 0.25) is 0 Å². The van der Waals surface area contributed by atoms with Gasteiger partial charge in [-0.3, -0.25) is 9.48 Å². The van der Waals surface area contributed by atoms with Gasteiger partial charge in [0.2, 0.25) is 5.91 Å². The Hall–Kier alpha value is -1.36. The number of hydrogen-bond donors (Lipinski definition) is 1. The lowest BCUT2D eigenvalue weighted by Crippen LogP contribution is -2.38. The average Bonchev–Trinajstić information content (AvgIpc) is 3.35. The van der Waals surface area contributed by atoms with Crippen LogP contribution in [0.5, 0.6) is 0 Å². The van der Waals surface area contributed by atoms with Gasteiger partial charge in [-0.1, -0.05) is 0 Å². The molecule has 1 aromatic heterocycles. The zero-order chi connectivity index (χ0) is 14.6. The first kappa shape index (κ1) is 13.3. The Morgan fingerprint density at radius 3 is 2.90 bits per heavy atom. The predicted octanol–water partition coefficient (Wildman–Crippen LogP) is 1.72. The smallest absolute Gasteiger partial charge is 0.223 e. The summed E-state index contributed by atoms with van der Waals surface area (Å²) in [6, 6.07) is 0.0980. The van der Waals surface area contributed by atoms with Gasteiger partial charge >= 0.3 is 0 Å². The number of aryl methyl sites for hydroxylation is 1. The molecule has 2 aliphatic carbocycles. The minimum absolute atomic E-state index is 0.0409. The lowest BCUT2D eigenvalue weighted by atomic mass is 10.0. The third-order valence-electron chi connectivity index (χ3n) is 5.40. The highest BCUT2D eigenvalue weighted by Gasteiger charge is 2.51. The number of rotatable bonds is 4. The summed E-state index contributed by atoms with van der Waals surface area (Å²) in [7, 11) is 1.94. The number of carbonyl (C=O) groups is 1. The molecule has 0 aromatic carbocycles. The van der Waals surface area contributed by atoms with Gasteiger partial charge in [-0.25, -0.2) is 0 Å². The highest BCUT2D eigenvalue weighted by Crippen LogP contribution is 2.54. The molecule has 4 atom stereocenters. The van der Waals surface area contributed by atoms with Gasteiger partial charge in [0.1, 0.15) is 6.10 Å². The second-order valence-corrected chi connectivity index (χ2v) is 6.85. The molecule has 1 saturated heterocycles. The van der Waals surface area contributed by atoms with Crippen LogP contribution in [0.15, 0.2) is 6.20 Å². The first-order valence-corrected chi connectivity index (χ1v) is 8.05. The van der Waals surface area contributed by atoms with Gasteiger partial charge in [0.05, 0.1) is 12.2 Å². The first-order valence-electron chi connectivity index (χ1n) is 8.05. The van der Waals surface area contributed by atoms with Gasteiger partial charge in [-0.2, -0.15) is 5.10 Å². The molecule has 5 heteroatoms. The fourth-order valence-electron chi connectivity index (χ4n) is 3.69. The Bertz CT molecular complexity index is 564. The molecule has 1 aromatic rings. The fourth-order valence-corrected chi connectivity index (χ4v) is 3.69. The number of nitrogens with one attached hydrogen (secondary N) is 1. The molecule has 3 aliphatic rings. The van der Waals surface area contributed by atoms with Crippen molar-refractivity contribution in [3.63, 3.8) is 0 Å². The van der Waals surface area contributed by atoms with Crippen LogP contribution in [-0.4, -0.2) is 28.3 Å². The largest absolute Gasteiger partial charge is 0.371 e. The quantitative estimate of drug-likeness (QED) is 0.918. The van der Waals surface area contributed by atoms with Crippen LogP contribution in [0, 0.1) is 24.7 Å². The summed E-state index contributed by atoms with van der Waals surface area (Å²) in [6.07, 6.45) is 6.48. The van der Waals surface area contributed by atoms with Crippen molar-refractivity contribution in [2.45, 2.75) is 44.8 Å². The highest BCUT2D eigenvalue weighted by molar-refractivity contribution is 5.82. The molecule has 114 valence electrons. The first-order chi connectivity index (χ1) is 10.1. The number of hydrogen-bond acceptors (Lipinski definition) is 3. The van der Waals surface area contributed by atoms with Crippen LogP contribution >= 0.6 is 0 Å². The van der Waals surface area contributed by atoms with E-state index >= 15 is 0 Å². The van der Waals surface area contributed by atoms with Gasteiger partial charge in [-0.05, 0) is 44.4 Å². The van der Waals surface area contributed by atoms with E-state index in [0.29, 0.717) is 12.5 Å². The van der Waals surface area contributed by atoms with E-state index in [1.807, 2.05) is 24.9 Å². The van der Waals surface area contributed by atoms with Crippen LogP contribution in [0.1, 0.15) is 43.0 Å². The Balaban J connectivity index is 1.42. The van der Waals surface area contributed by atoms with Crippen molar-refractivity contribution in [3.8, 4) is 0 Å². The van der Waals surface area contributed by atoms with Gasteiger partial charge in [0.25, 0.3) is 0 Å². The Kier molecular flexibility index (Phi) is 3.06. The number of carbonyl (C=O) groups excluding carboxylic acids is 1. The summed E-state index contributed by atoms with van der Waals surface area (Å²) in [5, 5.41) is 7.53. The number of amides is 1. The Morgan fingerprint density at radius 1 is 1.43 bits per heavy atom. The molecule has 1 aliphatic heterocycles. The van der Waals surface area contributed by atoms with E-state index in [1.165, 1.54) is 12.8 Å². The zero-order valence-electron chi connectivity index (χ0n) is 12.7. The Morgan fingerprint density at radius 2 is 2.24 bits per heavy atom. The molecule has 2 heterocycles. The summed E-state index contributed by atoms with van der Waals surface area (Å²) in [5.41, 5.74) is 2.22. The molecule has 3 fully saturated rings. The lowest BCUT2D eigenvalue weighted by molar-refractivity contribution is -0.123. The molecule has 0 spiro atoms. The molecule has 4 rings (SSSR count). The second-order valence-electron chi connectivity index (χ2n) is 6.85. The maximum Gasteiger partial charge on any atom is 0.223 e. The van der Waals surface area contributed by atoms with Gasteiger partial charge in [0.15, 0.2) is 0 Å². The summed E-state index contributed by atoms with van der Waals surface area (Å²) in [5.74, 6) is 2.03. The summed E-state index contributed by atoms with van der Waals surface area (Å²) in [4.78, 5) is 12.4. The topological polar surface area (TPSA) is 56.1 Å². The van der Waals surface area contributed by atoms with Crippen molar-refractivity contribution >= 4 is 5.91 Å². The van der Waals surface area contributed by atoms with Crippen molar-refractivity contribution < 1.29 is 9.53 Å². The summed E-state index contributed by atoms with van der Waals surface area (Å²) < 4.78 is 7.73. The minimum Gasteiger partial charge on any atom is -0.371 e. The normalized spacial score (nSPS) is 35.0. The molecular weight excluding hydrogens is 266 g/mol. The minimum atomic E-state index is -0.0409. The predicted molar refractivity (Wildman–Crippen MR) is 77.5 cm³/mol. The van der Waals surface area contributed by atoms with E-state index in [0.717, 1.165) is 30.0 Å². The number of ether oxygens (including phenoxy) is 1.